The minimum atomic E-state index is -3.45. The van der Waals surface area contributed by atoms with E-state index in [0.29, 0.717) is 19.5 Å². The molecule has 1 aliphatic rings. The Hall–Kier alpha value is -1.74. The Balaban J connectivity index is 2.26. The summed E-state index contributed by atoms with van der Waals surface area (Å²) in [5.74, 6) is -0.589. The molecule has 116 valence electrons. The maximum Gasteiger partial charge on any atom is 0.292 e. The monoisotopic (exact) mass is 317 g/mol. The molecule has 1 aromatic rings. The van der Waals surface area contributed by atoms with Crippen molar-refractivity contribution in [2.45, 2.75) is 18.6 Å². The quantitative estimate of drug-likeness (QED) is 0.652. The molecule has 0 amide bonds. The lowest BCUT2D eigenvalue weighted by molar-refractivity contribution is -0.384. The highest BCUT2D eigenvalue weighted by Crippen LogP contribution is 2.32. The highest BCUT2D eigenvalue weighted by atomic mass is 32.2. The van der Waals surface area contributed by atoms with E-state index < -0.39 is 26.0 Å². The first kappa shape index (κ1) is 15.6. The van der Waals surface area contributed by atoms with Crippen LogP contribution in [0.2, 0.25) is 0 Å². The Morgan fingerprint density at radius 2 is 2.24 bits per heavy atom. The van der Waals surface area contributed by atoms with Crippen LogP contribution in [0, 0.1) is 15.9 Å². The molecule has 1 aromatic carbocycles. The van der Waals surface area contributed by atoms with Gasteiger partial charge >= 0.3 is 0 Å². The molecule has 0 aromatic heterocycles. The fourth-order valence-corrected chi connectivity index (χ4v) is 3.85. The first-order chi connectivity index (χ1) is 9.85. The largest absolute Gasteiger partial charge is 0.365 e. The van der Waals surface area contributed by atoms with E-state index in [0.717, 1.165) is 18.2 Å². The highest BCUT2D eigenvalue weighted by molar-refractivity contribution is 7.90. The minimum absolute atomic E-state index is 0.111. The first-order valence-corrected chi connectivity index (χ1v) is 8.07. The zero-order valence-corrected chi connectivity index (χ0v) is 12.3. The number of benzene rings is 1. The highest BCUT2D eigenvalue weighted by Gasteiger charge is 2.35. The second-order valence-electron chi connectivity index (χ2n) is 4.79. The summed E-state index contributed by atoms with van der Waals surface area (Å²) in [6.07, 6.45) is 0.350. The van der Waals surface area contributed by atoms with Crippen molar-refractivity contribution in [2.75, 3.05) is 24.5 Å². The van der Waals surface area contributed by atoms with Crippen molar-refractivity contribution in [3.8, 4) is 0 Å². The second-order valence-corrected chi connectivity index (χ2v) is 6.84. The van der Waals surface area contributed by atoms with E-state index in [2.05, 4.69) is 4.72 Å². The summed E-state index contributed by atoms with van der Waals surface area (Å²) in [5, 5.41) is 10.3. The van der Waals surface area contributed by atoms with Gasteiger partial charge in [0.1, 0.15) is 11.5 Å². The van der Waals surface area contributed by atoms with Gasteiger partial charge in [0.05, 0.1) is 10.2 Å². The normalized spacial score (nSPS) is 19.0. The van der Waals surface area contributed by atoms with E-state index in [1.54, 1.807) is 11.8 Å². The van der Waals surface area contributed by atoms with Gasteiger partial charge in [-0.3, -0.25) is 10.1 Å². The van der Waals surface area contributed by atoms with Crippen molar-refractivity contribution in [3.05, 3.63) is 34.1 Å². The average molecular weight is 317 g/mol. The third-order valence-electron chi connectivity index (χ3n) is 3.40. The van der Waals surface area contributed by atoms with Gasteiger partial charge in [-0.25, -0.2) is 17.5 Å². The van der Waals surface area contributed by atoms with E-state index in [-0.39, 0.29) is 17.9 Å². The van der Waals surface area contributed by atoms with E-state index in [1.807, 2.05) is 0 Å². The molecule has 0 unspecified atom stereocenters. The number of halogens is 1. The summed E-state index contributed by atoms with van der Waals surface area (Å²) < 4.78 is 39.7. The molecule has 1 aliphatic heterocycles. The standard InChI is InChI=1S/C12H16FN3O4S/c1-2-14-21(19,20)10-5-6-15(8-10)12-7-9(13)3-4-11(12)16(17)18/h3-4,7,10,14H,2,5-6,8H2,1H3/t10-/m1/s1. The van der Waals surface area contributed by atoms with Crippen LogP contribution in [0.25, 0.3) is 0 Å². The number of nitro groups is 1. The van der Waals surface area contributed by atoms with Crippen molar-refractivity contribution in [2.24, 2.45) is 0 Å². The van der Waals surface area contributed by atoms with Crippen LogP contribution in [0.5, 0.6) is 0 Å². The number of nitrogens with one attached hydrogen (secondary N) is 1. The smallest absolute Gasteiger partial charge is 0.292 e. The van der Waals surface area contributed by atoms with Crippen LogP contribution in [-0.4, -0.2) is 38.2 Å². The van der Waals surface area contributed by atoms with E-state index >= 15 is 0 Å². The Labute approximate surface area is 122 Å². The summed E-state index contributed by atoms with van der Waals surface area (Å²) in [6, 6.07) is 3.18. The van der Waals surface area contributed by atoms with Crippen molar-refractivity contribution in [1.82, 2.24) is 4.72 Å². The molecule has 0 radical (unpaired) electrons. The number of hydrogen-bond donors (Lipinski definition) is 1. The maximum atomic E-state index is 13.3. The molecule has 1 heterocycles. The van der Waals surface area contributed by atoms with Crippen molar-refractivity contribution < 1.29 is 17.7 Å². The van der Waals surface area contributed by atoms with Crippen molar-refractivity contribution in [1.29, 1.82) is 0 Å². The Kier molecular flexibility index (Phi) is 4.43. The zero-order chi connectivity index (χ0) is 15.6. The molecular formula is C12H16FN3O4S. The van der Waals surface area contributed by atoms with Crippen LogP contribution in [-0.2, 0) is 10.0 Å². The number of anilines is 1. The van der Waals surface area contributed by atoms with Gasteiger partial charge in [0, 0.05) is 31.8 Å². The van der Waals surface area contributed by atoms with Gasteiger partial charge in [0.25, 0.3) is 5.69 Å². The fourth-order valence-electron chi connectivity index (χ4n) is 2.42. The molecule has 21 heavy (non-hydrogen) atoms. The van der Waals surface area contributed by atoms with Crippen LogP contribution in [0.1, 0.15) is 13.3 Å². The van der Waals surface area contributed by atoms with Crippen LogP contribution < -0.4 is 9.62 Å². The third kappa shape index (κ3) is 3.30. The molecule has 1 atom stereocenters. The van der Waals surface area contributed by atoms with Gasteiger partial charge in [-0.1, -0.05) is 6.92 Å². The number of nitrogens with zero attached hydrogens (tertiary/aromatic N) is 2. The second kappa shape index (κ2) is 5.94. The van der Waals surface area contributed by atoms with Crippen LogP contribution >= 0.6 is 0 Å². The minimum Gasteiger partial charge on any atom is -0.365 e. The molecule has 7 nitrogen and oxygen atoms in total. The predicted octanol–water partition coefficient (Wildman–Crippen LogP) is 1.25. The van der Waals surface area contributed by atoms with Gasteiger partial charge in [-0.2, -0.15) is 0 Å². The molecule has 0 spiro atoms. The number of rotatable bonds is 5. The van der Waals surface area contributed by atoms with Gasteiger partial charge in [-0.15, -0.1) is 0 Å². The molecular weight excluding hydrogens is 301 g/mol. The lowest BCUT2D eigenvalue weighted by atomic mass is 10.2. The van der Waals surface area contributed by atoms with Crippen LogP contribution in [0.3, 0.4) is 0 Å². The summed E-state index contributed by atoms with van der Waals surface area (Å²) in [6.45, 7) is 2.42. The average Bonchev–Trinajstić information content (AvgIpc) is 2.88. The molecule has 0 bridgehead atoms. The van der Waals surface area contributed by atoms with Crippen LogP contribution in [0.4, 0.5) is 15.8 Å². The number of hydrogen-bond acceptors (Lipinski definition) is 5. The van der Waals surface area contributed by atoms with Crippen molar-refractivity contribution in [3.63, 3.8) is 0 Å². The molecule has 1 fully saturated rings. The molecule has 1 N–H and O–H groups in total. The van der Waals surface area contributed by atoms with Crippen molar-refractivity contribution >= 4 is 21.4 Å². The van der Waals surface area contributed by atoms with Gasteiger partial charge in [0.15, 0.2) is 0 Å². The molecule has 0 saturated carbocycles. The summed E-state index contributed by atoms with van der Waals surface area (Å²) >= 11 is 0. The van der Waals surface area contributed by atoms with Gasteiger partial charge in [0.2, 0.25) is 10.0 Å². The summed E-state index contributed by atoms with van der Waals surface area (Å²) in [7, 11) is -3.45. The Morgan fingerprint density at radius 3 is 2.86 bits per heavy atom. The molecule has 0 aliphatic carbocycles. The Bertz CT molecular complexity index is 650. The van der Waals surface area contributed by atoms with E-state index in [4.69, 9.17) is 0 Å². The van der Waals surface area contributed by atoms with Gasteiger partial charge < -0.3 is 4.90 Å². The summed E-state index contributed by atoms with van der Waals surface area (Å²) in [5.41, 5.74) is -0.105. The van der Waals surface area contributed by atoms with Crippen LogP contribution in [0.15, 0.2) is 18.2 Å². The maximum absolute atomic E-state index is 13.3. The SMILES string of the molecule is CCNS(=O)(=O)[C@@H]1CCN(c2cc(F)ccc2[N+](=O)[O-])C1. The van der Waals surface area contributed by atoms with Gasteiger partial charge in [-0.05, 0) is 12.5 Å². The molecule has 2 rings (SSSR count). The summed E-state index contributed by atoms with van der Waals surface area (Å²) in [4.78, 5) is 11.9. The molecule has 9 heteroatoms. The van der Waals surface area contributed by atoms with E-state index in [1.165, 1.54) is 0 Å². The Morgan fingerprint density at radius 1 is 1.52 bits per heavy atom. The number of sulfonamides is 1. The topological polar surface area (TPSA) is 92.6 Å². The third-order valence-corrected chi connectivity index (χ3v) is 5.36. The molecule has 1 saturated heterocycles. The zero-order valence-electron chi connectivity index (χ0n) is 11.5. The lowest BCUT2D eigenvalue weighted by Crippen LogP contribution is -2.36. The van der Waals surface area contributed by atoms with E-state index in [9.17, 15) is 22.9 Å². The number of nitro benzene ring substituents is 1. The fraction of sp³-hybridized carbons (Fsp3) is 0.500. The lowest BCUT2D eigenvalue weighted by Gasteiger charge is -2.18. The first-order valence-electron chi connectivity index (χ1n) is 6.52. The predicted molar refractivity (Wildman–Crippen MR) is 76.3 cm³/mol.